The van der Waals surface area contributed by atoms with Crippen molar-refractivity contribution in [3.05, 3.63) is 52.0 Å². The van der Waals surface area contributed by atoms with E-state index in [2.05, 4.69) is 26.5 Å². The number of carbonyl (C=O) groups is 1. The number of methoxy groups -OCH3 is 1. The Morgan fingerprint density at radius 2 is 1.85 bits per heavy atom. The molecule has 0 fully saturated rings. The Balaban J connectivity index is 1.97. The Labute approximate surface area is 167 Å². The summed E-state index contributed by atoms with van der Waals surface area (Å²) in [6, 6.07) is 11.1. The van der Waals surface area contributed by atoms with Gasteiger partial charge >= 0.3 is 0 Å². The first-order valence-electron chi connectivity index (χ1n) is 8.61. The highest BCUT2D eigenvalue weighted by atomic mass is 79.9. The molecule has 0 spiro atoms. The van der Waals surface area contributed by atoms with Gasteiger partial charge in [0, 0.05) is 0 Å². The van der Waals surface area contributed by atoms with Gasteiger partial charge in [-0.05, 0) is 65.2 Å². The van der Waals surface area contributed by atoms with Crippen molar-refractivity contribution < 1.29 is 19.0 Å². The molecule has 27 heavy (non-hydrogen) atoms. The van der Waals surface area contributed by atoms with Crippen LogP contribution in [0.2, 0.25) is 0 Å². The molecule has 0 saturated heterocycles. The molecule has 2 aromatic carbocycles. The monoisotopic (exact) mass is 434 g/mol. The molecule has 144 valence electrons. The van der Waals surface area contributed by atoms with E-state index in [1.807, 2.05) is 44.2 Å². The number of nitrogens with zero attached hydrogens (tertiary/aromatic N) is 1. The molecule has 2 aromatic rings. The van der Waals surface area contributed by atoms with Gasteiger partial charge in [-0.1, -0.05) is 12.1 Å². The molecule has 7 heteroatoms. The first kappa shape index (κ1) is 20.8. The van der Waals surface area contributed by atoms with E-state index in [9.17, 15) is 4.79 Å². The van der Waals surface area contributed by atoms with E-state index >= 15 is 0 Å². The second-order valence-electron chi connectivity index (χ2n) is 5.51. The molecule has 0 aliphatic heterocycles. The molecule has 0 unspecified atom stereocenters. The maximum atomic E-state index is 12.0. The summed E-state index contributed by atoms with van der Waals surface area (Å²) < 4.78 is 17.0. The van der Waals surface area contributed by atoms with E-state index in [0.717, 1.165) is 21.3 Å². The zero-order valence-electron chi connectivity index (χ0n) is 15.6. The predicted octanol–water partition coefficient (Wildman–Crippen LogP) is 3.95. The summed E-state index contributed by atoms with van der Waals surface area (Å²) in [5, 5.41) is 4.02. The standard InChI is InChI=1S/C20H23BrN2O4/c1-4-26-16-8-6-14(7-9-16)12-19(24)23-22-13-15-10-17(21)20(25-3)18(11-15)27-5-2/h6-11,13H,4-5,12H2,1-3H3,(H,23,24)/b22-13+. The van der Waals surface area contributed by atoms with Crippen molar-refractivity contribution in [2.75, 3.05) is 20.3 Å². The van der Waals surface area contributed by atoms with E-state index < -0.39 is 0 Å². The quantitative estimate of drug-likeness (QED) is 0.479. The number of hydrogen-bond acceptors (Lipinski definition) is 5. The van der Waals surface area contributed by atoms with Gasteiger partial charge in [0.2, 0.25) is 5.91 Å². The molecule has 2 rings (SSSR count). The fraction of sp³-hybridized carbons (Fsp3) is 0.300. The van der Waals surface area contributed by atoms with E-state index in [1.165, 1.54) is 0 Å². The summed E-state index contributed by atoms with van der Waals surface area (Å²) in [6.07, 6.45) is 1.79. The van der Waals surface area contributed by atoms with Crippen molar-refractivity contribution in [1.82, 2.24) is 5.43 Å². The number of hydrazone groups is 1. The SMILES string of the molecule is CCOc1ccc(CC(=O)N/N=C/c2cc(Br)c(OC)c(OCC)c2)cc1. The molecule has 0 atom stereocenters. The van der Waals surface area contributed by atoms with E-state index in [-0.39, 0.29) is 12.3 Å². The van der Waals surface area contributed by atoms with Crippen molar-refractivity contribution >= 4 is 28.1 Å². The predicted molar refractivity (Wildman–Crippen MR) is 109 cm³/mol. The number of carbonyl (C=O) groups excluding carboxylic acids is 1. The second-order valence-corrected chi connectivity index (χ2v) is 6.37. The zero-order valence-corrected chi connectivity index (χ0v) is 17.2. The van der Waals surface area contributed by atoms with Gasteiger partial charge in [-0.3, -0.25) is 4.79 Å². The van der Waals surface area contributed by atoms with Gasteiger partial charge in [0.25, 0.3) is 0 Å². The van der Waals surface area contributed by atoms with Gasteiger partial charge in [0.05, 0.1) is 37.4 Å². The Morgan fingerprint density at radius 1 is 1.15 bits per heavy atom. The summed E-state index contributed by atoms with van der Waals surface area (Å²) in [7, 11) is 1.58. The van der Waals surface area contributed by atoms with Crippen molar-refractivity contribution in [1.29, 1.82) is 0 Å². The molecule has 6 nitrogen and oxygen atoms in total. The molecule has 0 saturated carbocycles. The minimum atomic E-state index is -0.201. The fourth-order valence-electron chi connectivity index (χ4n) is 2.40. The largest absolute Gasteiger partial charge is 0.494 e. The first-order chi connectivity index (χ1) is 13.1. The summed E-state index contributed by atoms with van der Waals surface area (Å²) in [4.78, 5) is 12.0. The summed E-state index contributed by atoms with van der Waals surface area (Å²) in [5.41, 5.74) is 4.19. The fourth-order valence-corrected chi connectivity index (χ4v) is 3.02. The highest BCUT2D eigenvalue weighted by molar-refractivity contribution is 9.10. The Bertz CT molecular complexity index is 791. The maximum Gasteiger partial charge on any atom is 0.244 e. The summed E-state index contributed by atoms with van der Waals surface area (Å²) >= 11 is 3.45. The van der Waals surface area contributed by atoms with Gasteiger partial charge < -0.3 is 14.2 Å². The van der Waals surface area contributed by atoms with Crippen LogP contribution in [0.4, 0.5) is 0 Å². The third-order valence-electron chi connectivity index (χ3n) is 3.54. The summed E-state index contributed by atoms with van der Waals surface area (Å²) in [6.45, 7) is 4.95. The Hall–Kier alpha value is -2.54. The average Bonchev–Trinajstić information content (AvgIpc) is 2.64. The number of halogens is 1. The van der Waals surface area contributed by atoms with Crippen molar-refractivity contribution in [2.45, 2.75) is 20.3 Å². The van der Waals surface area contributed by atoms with Crippen molar-refractivity contribution in [2.24, 2.45) is 5.10 Å². The van der Waals surface area contributed by atoms with Crippen LogP contribution in [0.25, 0.3) is 0 Å². The van der Waals surface area contributed by atoms with E-state index in [4.69, 9.17) is 14.2 Å². The third-order valence-corrected chi connectivity index (χ3v) is 4.13. The third kappa shape index (κ3) is 6.29. The zero-order chi connectivity index (χ0) is 19.6. The molecule has 1 N–H and O–H groups in total. The van der Waals surface area contributed by atoms with E-state index in [0.29, 0.717) is 24.7 Å². The normalized spacial score (nSPS) is 10.7. The van der Waals surface area contributed by atoms with Crippen LogP contribution >= 0.6 is 15.9 Å². The van der Waals surface area contributed by atoms with Crippen LogP contribution in [0.3, 0.4) is 0 Å². The smallest absolute Gasteiger partial charge is 0.244 e. The average molecular weight is 435 g/mol. The molecule has 0 radical (unpaired) electrons. The first-order valence-corrected chi connectivity index (χ1v) is 9.40. The Morgan fingerprint density at radius 3 is 2.48 bits per heavy atom. The topological polar surface area (TPSA) is 69.2 Å². The van der Waals surface area contributed by atoms with Gasteiger partial charge in [0.15, 0.2) is 11.5 Å². The molecule has 0 aromatic heterocycles. The van der Waals surface area contributed by atoms with Gasteiger partial charge in [-0.25, -0.2) is 5.43 Å². The van der Waals surface area contributed by atoms with E-state index in [1.54, 1.807) is 19.4 Å². The molecule has 0 heterocycles. The van der Waals surface area contributed by atoms with Crippen LogP contribution in [-0.2, 0) is 11.2 Å². The van der Waals surface area contributed by atoms with Crippen LogP contribution in [0.15, 0.2) is 46.0 Å². The van der Waals surface area contributed by atoms with Gasteiger partial charge in [-0.15, -0.1) is 0 Å². The van der Waals surface area contributed by atoms with Crippen molar-refractivity contribution in [3.63, 3.8) is 0 Å². The van der Waals surface area contributed by atoms with Crippen LogP contribution in [-0.4, -0.2) is 32.4 Å². The molecular weight excluding hydrogens is 412 g/mol. The number of ether oxygens (including phenoxy) is 3. The highest BCUT2D eigenvalue weighted by Crippen LogP contribution is 2.36. The molecular formula is C20H23BrN2O4. The minimum Gasteiger partial charge on any atom is -0.494 e. The van der Waals surface area contributed by atoms with Crippen LogP contribution < -0.4 is 19.6 Å². The van der Waals surface area contributed by atoms with Gasteiger partial charge in [-0.2, -0.15) is 5.10 Å². The molecule has 1 amide bonds. The Kier molecular flexibility index (Phi) is 8.13. The highest BCUT2D eigenvalue weighted by Gasteiger charge is 2.10. The molecule has 0 aliphatic carbocycles. The van der Waals surface area contributed by atoms with Crippen LogP contribution in [0.5, 0.6) is 17.2 Å². The van der Waals surface area contributed by atoms with Crippen LogP contribution in [0, 0.1) is 0 Å². The lowest BCUT2D eigenvalue weighted by molar-refractivity contribution is -0.120. The number of amides is 1. The number of rotatable bonds is 9. The maximum absolute atomic E-state index is 12.0. The minimum absolute atomic E-state index is 0.201. The lowest BCUT2D eigenvalue weighted by Gasteiger charge is -2.11. The second kappa shape index (κ2) is 10.6. The van der Waals surface area contributed by atoms with Crippen LogP contribution in [0.1, 0.15) is 25.0 Å². The summed E-state index contributed by atoms with van der Waals surface area (Å²) in [5.74, 6) is 1.81. The van der Waals surface area contributed by atoms with Gasteiger partial charge in [0.1, 0.15) is 5.75 Å². The number of nitrogens with one attached hydrogen (secondary N) is 1. The van der Waals surface area contributed by atoms with Crippen molar-refractivity contribution in [3.8, 4) is 17.2 Å². The lowest BCUT2D eigenvalue weighted by atomic mass is 10.1. The molecule has 0 aliphatic rings. The lowest BCUT2D eigenvalue weighted by Crippen LogP contribution is -2.19. The number of benzene rings is 2. The number of hydrogen-bond donors (Lipinski definition) is 1. The molecule has 0 bridgehead atoms.